The van der Waals surface area contributed by atoms with E-state index in [9.17, 15) is 4.79 Å². The first-order chi connectivity index (χ1) is 17.5. The number of rotatable bonds is 4. The van der Waals surface area contributed by atoms with Crippen LogP contribution in [-0.4, -0.2) is 23.9 Å². The summed E-state index contributed by atoms with van der Waals surface area (Å²) in [6.07, 6.45) is 3.12. The molecular formula is C32H34IrNO2SSi-. The van der Waals surface area contributed by atoms with Crippen LogP contribution < -0.4 is 5.19 Å². The van der Waals surface area contributed by atoms with Crippen molar-refractivity contribution in [2.75, 3.05) is 0 Å². The molecule has 38 heavy (non-hydrogen) atoms. The summed E-state index contributed by atoms with van der Waals surface area (Å²) in [5.41, 5.74) is 3.51. The van der Waals surface area contributed by atoms with Gasteiger partial charge in [-0.2, -0.15) is 0 Å². The monoisotopic (exact) mass is 717 g/mol. The van der Waals surface area contributed by atoms with E-state index in [4.69, 9.17) is 10.1 Å². The van der Waals surface area contributed by atoms with E-state index >= 15 is 0 Å². The maximum atomic E-state index is 10.0. The fourth-order valence-electron chi connectivity index (χ4n) is 4.52. The molecule has 2 aromatic heterocycles. The molecule has 1 radical (unpaired) electrons. The van der Waals surface area contributed by atoms with E-state index in [1.807, 2.05) is 17.5 Å². The van der Waals surface area contributed by atoms with Crippen LogP contribution in [0.4, 0.5) is 0 Å². The van der Waals surface area contributed by atoms with E-state index in [0.717, 1.165) is 11.3 Å². The van der Waals surface area contributed by atoms with Crippen LogP contribution in [0.3, 0.4) is 0 Å². The van der Waals surface area contributed by atoms with Crippen LogP contribution >= 0.6 is 11.3 Å². The quantitative estimate of drug-likeness (QED) is 0.0876. The number of aliphatic hydroxyl groups is 1. The summed E-state index contributed by atoms with van der Waals surface area (Å²) in [5, 5.41) is 15.0. The fourth-order valence-corrected chi connectivity index (χ4v) is 7.03. The number of fused-ring (bicyclic) bond motifs is 4. The number of aromatic nitrogens is 1. The minimum absolute atomic E-state index is 0. The fraction of sp³-hybridized carbons (Fsp3) is 0.250. The molecule has 0 saturated carbocycles. The Labute approximate surface area is 244 Å². The third-order valence-corrected chi connectivity index (χ3v) is 9.57. The predicted molar refractivity (Wildman–Crippen MR) is 163 cm³/mol. The number of hydrogen-bond acceptors (Lipinski definition) is 4. The normalized spacial score (nSPS) is 11.9. The van der Waals surface area contributed by atoms with E-state index in [-0.39, 0.29) is 31.6 Å². The van der Waals surface area contributed by atoms with E-state index in [0.29, 0.717) is 5.92 Å². The van der Waals surface area contributed by atoms with E-state index in [1.165, 1.54) is 61.6 Å². The van der Waals surface area contributed by atoms with Gasteiger partial charge in [-0.25, -0.2) is 0 Å². The first-order valence-corrected chi connectivity index (χ1v) is 16.9. The molecule has 0 fully saturated rings. The van der Waals surface area contributed by atoms with Gasteiger partial charge in [-0.1, -0.05) is 80.0 Å². The third-order valence-electron chi connectivity index (χ3n) is 6.35. The Bertz CT molecular complexity index is 1640. The Balaban J connectivity index is 0.000000444. The maximum absolute atomic E-state index is 10.0. The summed E-state index contributed by atoms with van der Waals surface area (Å²) in [6.45, 7) is 14.6. The Morgan fingerprint density at radius 2 is 1.71 bits per heavy atom. The summed E-state index contributed by atoms with van der Waals surface area (Å²) in [4.78, 5) is 14.9. The average Bonchev–Trinajstić information content (AvgIpc) is 3.20. The van der Waals surface area contributed by atoms with Crippen LogP contribution in [0.2, 0.25) is 19.6 Å². The van der Waals surface area contributed by atoms with Gasteiger partial charge < -0.3 is 5.11 Å². The van der Waals surface area contributed by atoms with Crippen molar-refractivity contribution in [2.45, 2.75) is 53.3 Å². The molecule has 3 nitrogen and oxygen atoms in total. The van der Waals surface area contributed by atoms with Gasteiger partial charge in [0.1, 0.15) is 0 Å². The van der Waals surface area contributed by atoms with Crippen LogP contribution in [0.25, 0.3) is 42.2 Å². The van der Waals surface area contributed by atoms with Crippen molar-refractivity contribution in [3.63, 3.8) is 0 Å². The second kappa shape index (κ2) is 12.0. The Morgan fingerprint density at radius 3 is 2.32 bits per heavy atom. The smallest absolute Gasteiger partial charge is 0.155 e. The second-order valence-corrected chi connectivity index (χ2v) is 17.0. The van der Waals surface area contributed by atoms with Gasteiger partial charge in [0.05, 0.1) is 13.8 Å². The molecule has 5 rings (SSSR count). The molecule has 0 bridgehead atoms. The molecule has 0 saturated heterocycles. The first kappa shape index (κ1) is 29.9. The van der Waals surface area contributed by atoms with Crippen LogP contribution in [-0.2, 0) is 24.9 Å². The van der Waals surface area contributed by atoms with E-state index in [1.54, 1.807) is 0 Å². The zero-order valence-corrected chi connectivity index (χ0v) is 27.2. The van der Waals surface area contributed by atoms with Crippen molar-refractivity contribution in [3.05, 3.63) is 84.3 Å². The molecule has 0 amide bonds. The number of pyridine rings is 1. The molecule has 1 N–H and O–H groups in total. The van der Waals surface area contributed by atoms with Gasteiger partial charge in [0, 0.05) is 47.5 Å². The van der Waals surface area contributed by atoms with Gasteiger partial charge in [-0.15, -0.1) is 40.5 Å². The number of ketones is 1. The predicted octanol–water partition coefficient (Wildman–Crippen LogP) is 8.77. The number of benzene rings is 3. The van der Waals surface area contributed by atoms with Crippen LogP contribution in [0, 0.1) is 6.07 Å². The number of nitrogens with zero attached hydrogens (tertiary/aromatic N) is 1. The van der Waals surface area contributed by atoms with Gasteiger partial charge in [-0.3, -0.25) is 9.78 Å². The summed E-state index contributed by atoms with van der Waals surface area (Å²) in [7, 11) is -1.34. The van der Waals surface area contributed by atoms with Crippen molar-refractivity contribution in [3.8, 4) is 11.3 Å². The molecule has 6 heteroatoms. The van der Waals surface area contributed by atoms with Gasteiger partial charge in [0.25, 0.3) is 0 Å². The maximum Gasteiger partial charge on any atom is 0.155 e. The van der Waals surface area contributed by atoms with Gasteiger partial charge >= 0.3 is 0 Å². The van der Waals surface area contributed by atoms with Crippen molar-refractivity contribution in [1.82, 2.24) is 4.98 Å². The molecule has 0 aliphatic heterocycles. The van der Waals surface area contributed by atoms with Crippen LogP contribution in [0.5, 0.6) is 0 Å². The number of aliphatic hydroxyl groups excluding tert-OH is 1. The number of carbonyl (C=O) groups is 1. The molecule has 0 aliphatic carbocycles. The molecule has 0 unspecified atom stereocenters. The van der Waals surface area contributed by atoms with Gasteiger partial charge in [-0.05, 0) is 42.7 Å². The molecule has 5 aromatic rings. The molecule has 0 spiro atoms. The average molecular weight is 717 g/mol. The van der Waals surface area contributed by atoms with Crippen molar-refractivity contribution in [2.24, 2.45) is 0 Å². The molecular weight excluding hydrogens is 683 g/mol. The standard InChI is InChI=1S/C27H26NSSi.C5H8O2.Ir/c1-17(2)24-15-19(14-18-8-6-7-9-21(18)24)26-27-23(12-13-28-26)22-11-10-20(30(3,4)5)16-25(22)29-27;1-4(6)3-5(2)7;/h6-13,15-17H,1-5H3;3,6H,1-2H3;/q-1;;/b;4-3-;. The van der Waals surface area contributed by atoms with E-state index in [2.05, 4.69) is 94.2 Å². The third kappa shape index (κ3) is 6.49. The van der Waals surface area contributed by atoms with Crippen LogP contribution in [0.15, 0.2) is 72.6 Å². The Kier molecular flexibility index (Phi) is 9.48. The minimum atomic E-state index is -1.34. The zero-order valence-electron chi connectivity index (χ0n) is 23.0. The number of carbonyl (C=O) groups excluding carboxylic acids is 1. The van der Waals surface area contributed by atoms with Crippen LogP contribution in [0.1, 0.15) is 39.2 Å². The molecule has 2 heterocycles. The van der Waals surface area contributed by atoms with Crippen molar-refractivity contribution in [1.29, 1.82) is 0 Å². The van der Waals surface area contributed by atoms with Gasteiger partial charge in [0.2, 0.25) is 0 Å². The first-order valence-electron chi connectivity index (χ1n) is 12.6. The zero-order chi connectivity index (χ0) is 26.9. The number of hydrogen-bond donors (Lipinski definition) is 1. The van der Waals surface area contributed by atoms with Crippen molar-refractivity contribution < 1.29 is 30.0 Å². The summed E-state index contributed by atoms with van der Waals surface area (Å²) < 4.78 is 2.63. The largest absolute Gasteiger partial charge is 0.512 e. The van der Waals surface area contributed by atoms with Crippen molar-refractivity contribution >= 4 is 61.3 Å². The summed E-state index contributed by atoms with van der Waals surface area (Å²) >= 11 is 1.87. The Morgan fingerprint density at radius 1 is 1.00 bits per heavy atom. The second-order valence-electron chi connectivity index (χ2n) is 10.8. The topological polar surface area (TPSA) is 50.2 Å². The molecule has 0 aliphatic rings. The van der Waals surface area contributed by atoms with Gasteiger partial charge in [0.15, 0.2) is 5.78 Å². The Hall–Kier alpha value is -2.63. The minimum Gasteiger partial charge on any atom is -0.512 e. The molecule has 3 aromatic carbocycles. The SMILES string of the molecule is CC(=O)/C=C(/C)O.CC(C)c1cc(-c2nccc3c2sc2cc([Si](C)(C)C)ccc23)[c-]c2ccccc12.[Ir]. The molecule has 0 atom stereocenters. The number of allylic oxidation sites excluding steroid dienone is 2. The number of thiophene rings is 1. The summed E-state index contributed by atoms with van der Waals surface area (Å²) in [5.74, 6) is 0.386. The van der Waals surface area contributed by atoms with E-state index < -0.39 is 8.07 Å². The molecule has 199 valence electrons. The summed E-state index contributed by atoms with van der Waals surface area (Å²) in [6, 6.07) is 23.8.